The molecule has 1 fully saturated rings. The number of aliphatic carboxylic acids is 1. The number of hydrogen-bond donors (Lipinski definition) is 1. The highest BCUT2D eigenvalue weighted by atomic mass is 19.1. The number of benzene rings is 1. The van der Waals surface area contributed by atoms with Crippen molar-refractivity contribution >= 4 is 5.97 Å². The maximum atomic E-state index is 13.8. The summed E-state index contributed by atoms with van der Waals surface area (Å²) in [5, 5.41) is 8.88. The van der Waals surface area contributed by atoms with Crippen LogP contribution in [0.1, 0.15) is 24.4 Å². The Labute approximate surface area is 99.9 Å². The van der Waals surface area contributed by atoms with Crippen molar-refractivity contribution in [2.45, 2.75) is 18.9 Å². The van der Waals surface area contributed by atoms with Gasteiger partial charge in [-0.2, -0.15) is 0 Å². The molecule has 4 heteroatoms. The third kappa shape index (κ3) is 2.47. The molecular formula is C13H16FNO2. The molecule has 1 aliphatic rings. The summed E-state index contributed by atoms with van der Waals surface area (Å²) < 4.78 is 13.8. The van der Waals surface area contributed by atoms with Crippen LogP contribution in [0, 0.1) is 11.7 Å². The Bertz CT molecular complexity index is 422. The van der Waals surface area contributed by atoms with Crippen LogP contribution >= 0.6 is 0 Å². The first-order valence-corrected chi connectivity index (χ1v) is 5.76. The molecule has 1 saturated heterocycles. The minimum Gasteiger partial charge on any atom is -0.481 e. The zero-order chi connectivity index (χ0) is 12.4. The average Bonchev–Trinajstić information content (AvgIpc) is 2.60. The molecule has 0 bridgehead atoms. The van der Waals surface area contributed by atoms with Crippen molar-refractivity contribution in [1.29, 1.82) is 0 Å². The topological polar surface area (TPSA) is 40.5 Å². The number of likely N-dealkylation sites (tertiary alicyclic amines) is 1. The highest BCUT2D eigenvalue weighted by Crippen LogP contribution is 2.38. The Hall–Kier alpha value is -1.42. The molecule has 1 aromatic carbocycles. The fourth-order valence-electron chi connectivity index (χ4n) is 2.67. The standard InChI is InChI=1S/C13H16FNO2/c1-15-7-6-9(8-12(16)17)13(15)10-4-2-3-5-11(10)14/h2-5,9,13H,6-8H2,1H3,(H,16,17)/t9-,13+/m1/s1. The van der Waals surface area contributed by atoms with Gasteiger partial charge < -0.3 is 5.11 Å². The molecule has 0 unspecified atom stereocenters. The van der Waals surface area contributed by atoms with E-state index in [0.29, 0.717) is 5.56 Å². The molecule has 0 aromatic heterocycles. The molecular weight excluding hydrogens is 221 g/mol. The lowest BCUT2D eigenvalue weighted by molar-refractivity contribution is -0.138. The first-order chi connectivity index (χ1) is 8.09. The molecule has 17 heavy (non-hydrogen) atoms. The van der Waals surface area contributed by atoms with E-state index >= 15 is 0 Å². The quantitative estimate of drug-likeness (QED) is 0.876. The number of hydrogen-bond acceptors (Lipinski definition) is 2. The van der Waals surface area contributed by atoms with Crippen molar-refractivity contribution in [2.24, 2.45) is 5.92 Å². The van der Waals surface area contributed by atoms with Gasteiger partial charge in [0.2, 0.25) is 0 Å². The first kappa shape index (κ1) is 12.0. The van der Waals surface area contributed by atoms with E-state index in [9.17, 15) is 9.18 Å². The lowest BCUT2D eigenvalue weighted by Gasteiger charge is -2.25. The summed E-state index contributed by atoms with van der Waals surface area (Å²) in [5.74, 6) is -1.07. The second kappa shape index (κ2) is 4.84. The fraction of sp³-hybridized carbons (Fsp3) is 0.462. The molecule has 0 amide bonds. The highest BCUT2D eigenvalue weighted by molar-refractivity contribution is 5.67. The molecule has 0 saturated carbocycles. The summed E-state index contributed by atoms with van der Waals surface area (Å²) in [6.45, 7) is 0.816. The van der Waals surface area contributed by atoms with Gasteiger partial charge in [-0.1, -0.05) is 18.2 Å². The van der Waals surface area contributed by atoms with E-state index < -0.39 is 5.97 Å². The van der Waals surface area contributed by atoms with Gasteiger partial charge in [-0.3, -0.25) is 9.69 Å². The third-order valence-corrected chi connectivity index (χ3v) is 3.43. The number of carbonyl (C=O) groups is 1. The third-order valence-electron chi connectivity index (χ3n) is 3.43. The van der Waals surface area contributed by atoms with Crippen LogP contribution in [0.15, 0.2) is 24.3 Å². The zero-order valence-corrected chi connectivity index (χ0v) is 9.77. The van der Waals surface area contributed by atoms with Crippen LogP contribution in [0.3, 0.4) is 0 Å². The SMILES string of the molecule is CN1CC[C@H](CC(=O)O)[C@H]1c1ccccc1F. The van der Waals surface area contributed by atoms with E-state index in [4.69, 9.17) is 5.11 Å². The van der Waals surface area contributed by atoms with E-state index in [1.165, 1.54) is 6.07 Å². The Balaban J connectivity index is 2.27. The molecule has 1 N–H and O–H groups in total. The van der Waals surface area contributed by atoms with Gasteiger partial charge in [-0.15, -0.1) is 0 Å². The summed E-state index contributed by atoms with van der Waals surface area (Å²) in [5.41, 5.74) is 0.610. The largest absolute Gasteiger partial charge is 0.481 e. The maximum Gasteiger partial charge on any atom is 0.303 e. The predicted octanol–water partition coefficient (Wildman–Crippen LogP) is 2.29. The first-order valence-electron chi connectivity index (χ1n) is 5.76. The molecule has 1 aromatic rings. The fourth-order valence-corrected chi connectivity index (χ4v) is 2.67. The summed E-state index contributed by atoms with van der Waals surface area (Å²) in [7, 11) is 1.92. The molecule has 0 aliphatic carbocycles. The van der Waals surface area contributed by atoms with Gasteiger partial charge in [0.25, 0.3) is 0 Å². The van der Waals surface area contributed by atoms with Crippen molar-refractivity contribution in [3.8, 4) is 0 Å². The summed E-state index contributed by atoms with van der Waals surface area (Å²) in [6, 6.07) is 6.51. The normalized spacial score (nSPS) is 25.1. The number of halogens is 1. The van der Waals surface area contributed by atoms with Gasteiger partial charge in [0, 0.05) is 11.6 Å². The summed E-state index contributed by atoms with van der Waals surface area (Å²) in [6.07, 6.45) is 0.908. The smallest absolute Gasteiger partial charge is 0.303 e. The second-order valence-electron chi connectivity index (χ2n) is 4.59. The number of carboxylic acid groups (broad SMARTS) is 1. The van der Waals surface area contributed by atoms with E-state index in [2.05, 4.69) is 0 Å². The monoisotopic (exact) mass is 237 g/mol. The zero-order valence-electron chi connectivity index (χ0n) is 9.77. The second-order valence-corrected chi connectivity index (χ2v) is 4.59. The van der Waals surface area contributed by atoms with Crippen molar-refractivity contribution in [3.05, 3.63) is 35.6 Å². The summed E-state index contributed by atoms with van der Waals surface area (Å²) in [4.78, 5) is 12.8. The van der Waals surface area contributed by atoms with Crippen LogP contribution in [0.4, 0.5) is 4.39 Å². The van der Waals surface area contributed by atoms with Crippen LogP contribution in [0.5, 0.6) is 0 Å². The van der Waals surface area contributed by atoms with Crippen LogP contribution in [0.2, 0.25) is 0 Å². The van der Waals surface area contributed by atoms with E-state index in [1.54, 1.807) is 18.2 Å². The number of carboxylic acids is 1. The maximum absolute atomic E-state index is 13.8. The average molecular weight is 237 g/mol. The van der Waals surface area contributed by atoms with Crippen molar-refractivity contribution < 1.29 is 14.3 Å². The Kier molecular flexibility index (Phi) is 3.43. The Morgan fingerprint density at radius 2 is 2.24 bits per heavy atom. The van der Waals surface area contributed by atoms with Gasteiger partial charge >= 0.3 is 5.97 Å². The molecule has 2 atom stereocenters. The van der Waals surface area contributed by atoms with Gasteiger partial charge in [0.1, 0.15) is 5.82 Å². The number of rotatable bonds is 3. The van der Waals surface area contributed by atoms with Crippen molar-refractivity contribution in [3.63, 3.8) is 0 Å². The molecule has 0 radical (unpaired) electrons. The van der Waals surface area contributed by atoms with E-state index in [0.717, 1.165) is 13.0 Å². The van der Waals surface area contributed by atoms with Gasteiger partial charge in [0.05, 0.1) is 6.42 Å². The van der Waals surface area contributed by atoms with E-state index in [-0.39, 0.29) is 24.2 Å². The minimum atomic E-state index is -0.813. The molecule has 0 spiro atoms. The van der Waals surface area contributed by atoms with Gasteiger partial charge in [0.15, 0.2) is 0 Å². The highest BCUT2D eigenvalue weighted by Gasteiger charge is 2.35. The molecule has 1 heterocycles. The van der Waals surface area contributed by atoms with Crippen LogP contribution in [-0.2, 0) is 4.79 Å². The van der Waals surface area contributed by atoms with Crippen molar-refractivity contribution in [1.82, 2.24) is 4.90 Å². The van der Waals surface area contributed by atoms with E-state index in [1.807, 2.05) is 11.9 Å². The molecule has 92 valence electrons. The van der Waals surface area contributed by atoms with Crippen molar-refractivity contribution in [2.75, 3.05) is 13.6 Å². The summed E-state index contributed by atoms with van der Waals surface area (Å²) >= 11 is 0. The Morgan fingerprint density at radius 3 is 2.88 bits per heavy atom. The molecule has 3 nitrogen and oxygen atoms in total. The minimum absolute atomic E-state index is 0.00519. The molecule has 1 aliphatic heterocycles. The molecule has 2 rings (SSSR count). The lowest BCUT2D eigenvalue weighted by atomic mass is 9.91. The van der Waals surface area contributed by atoms with Crippen LogP contribution < -0.4 is 0 Å². The van der Waals surface area contributed by atoms with Gasteiger partial charge in [-0.05, 0) is 32.0 Å². The Morgan fingerprint density at radius 1 is 1.53 bits per heavy atom. The lowest BCUT2D eigenvalue weighted by Crippen LogP contribution is -2.23. The van der Waals surface area contributed by atoms with Crippen LogP contribution in [0.25, 0.3) is 0 Å². The predicted molar refractivity (Wildman–Crippen MR) is 62.1 cm³/mol. The number of nitrogens with zero attached hydrogens (tertiary/aromatic N) is 1. The van der Waals surface area contributed by atoms with Gasteiger partial charge in [-0.25, -0.2) is 4.39 Å². The van der Waals surface area contributed by atoms with Crippen LogP contribution in [-0.4, -0.2) is 29.6 Å².